The second-order valence-corrected chi connectivity index (χ2v) is 5.92. The number of amides is 2. The number of carbonyl (C=O) groups is 1. The second-order valence-electron chi connectivity index (χ2n) is 5.92. The zero-order valence-corrected chi connectivity index (χ0v) is 12.0. The van der Waals surface area contributed by atoms with E-state index >= 15 is 0 Å². The molecule has 2 amide bonds. The monoisotopic (exact) mass is 269 g/mol. The van der Waals surface area contributed by atoms with Crippen molar-refractivity contribution in [1.82, 2.24) is 15.1 Å². The maximum absolute atomic E-state index is 12.5. The Labute approximate surface area is 115 Å². The predicted molar refractivity (Wildman–Crippen MR) is 75.1 cm³/mol. The summed E-state index contributed by atoms with van der Waals surface area (Å²) in [5, 5.41) is 12.6. The van der Waals surface area contributed by atoms with Crippen LogP contribution in [0.15, 0.2) is 0 Å². The number of piperidine rings is 1. The third-order valence-corrected chi connectivity index (χ3v) is 4.30. The first-order valence-electron chi connectivity index (χ1n) is 7.59. The Bertz CT molecular complexity index is 284. The zero-order valence-electron chi connectivity index (χ0n) is 12.0. The van der Waals surface area contributed by atoms with E-state index in [1.54, 1.807) is 0 Å². The average Bonchev–Trinajstić information content (AvgIpc) is 2.91. The van der Waals surface area contributed by atoms with Crippen molar-refractivity contribution in [3.63, 3.8) is 0 Å². The van der Waals surface area contributed by atoms with Gasteiger partial charge in [-0.1, -0.05) is 6.92 Å². The van der Waals surface area contributed by atoms with Crippen LogP contribution in [-0.4, -0.2) is 66.3 Å². The van der Waals surface area contributed by atoms with Gasteiger partial charge in [-0.15, -0.1) is 0 Å². The highest BCUT2D eigenvalue weighted by molar-refractivity contribution is 5.74. The molecule has 2 rings (SSSR count). The van der Waals surface area contributed by atoms with E-state index in [2.05, 4.69) is 12.2 Å². The van der Waals surface area contributed by atoms with Crippen molar-refractivity contribution in [1.29, 1.82) is 0 Å². The number of hydrogen-bond acceptors (Lipinski definition) is 3. The van der Waals surface area contributed by atoms with E-state index in [0.29, 0.717) is 12.6 Å². The first-order chi connectivity index (χ1) is 9.20. The summed E-state index contributed by atoms with van der Waals surface area (Å²) in [6, 6.07) is 0.508. The van der Waals surface area contributed by atoms with Gasteiger partial charge in [0.25, 0.3) is 0 Å². The van der Waals surface area contributed by atoms with Crippen LogP contribution in [0.1, 0.15) is 32.6 Å². The fourth-order valence-corrected chi connectivity index (χ4v) is 2.96. The fraction of sp³-hybridized carbons (Fsp3) is 0.929. The Morgan fingerprint density at radius 2 is 2.11 bits per heavy atom. The van der Waals surface area contributed by atoms with Crippen molar-refractivity contribution in [3.8, 4) is 0 Å². The smallest absolute Gasteiger partial charge is 0.320 e. The first kappa shape index (κ1) is 14.6. The molecule has 5 heteroatoms. The highest BCUT2D eigenvalue weighted by Crippen LogP contribution is 2.18. The number of likely N-dealkylation sites (tertiary alicyclic amines) is 1. The SMILES string of the molecule is CC1CCN(C(=O)N(CCO)CC2CCCN2)CC1. The zero-order chi connectivity index (χ0) is 13.7. The molecule has 110 valence electrons. The van der Waals surface area contributed by atoms with Crippen molar-refractivity contribution in [2.45, 2.75) is 38.6 Å². The molecule has 0 saturated carbocycles. The van der Waals surface area contributed by atoms with Gasteiger partial charge in [-0.3, -0.25) is 0 Å². The number of urea groups is 1. The van der Waals surface area contributed by atoms with Crippen molar-refractivity contribution in [3.05, 3.63) is 0 Å². The van der Waals surface area contributed by atoms with Gasteiger partial charge in [0.2, 0.25) is 0 Å². The lowest BCUT2D eigenvalue weighted by Gasteiger charge is -2.35. The summed E-state index contributed by atoms with van der Waals surface area (Å²) >= 11 is 0. The summed E-state index contributed by atoms with van der Waals surface area (Å²) < 4.78 is 0. The summed E-state index contributed by atoms with van der Waals surface area (Å²) in [5.74, 6) is 0.729. The number of nitrogens with one attached hydrogen (secondary N) is 1. The molecular formula is C14H27N3O2. The van der Waals surface area contributed by atoms with Crippen LogP contribution in [0.4, 0.5) is 4.79 Å². The minimum Gasteiger partial charge on any atom is -0.395 e. The van der Waals surface area contributed by atoms with E-state index < -0.39 is 0 Å². The molecule has 0 aromatic rings. The van der Waals surface area contributed by atoms with Gasteiger partial charge in [0.15, 0.2) is 0 Å². The third-order valence-electron chi connectivity index (χ3n) is 4.30. The Hall–Kier alpha value is -0.810. The molecule has 2 aliphatic heterocycles. The summed E-state index contributed by atoms with van der Waals surface area (Å²) in [7, 11) is 0. The van der Waals surface area contributed by atoms with Crippen molar-refractivity contribution >= 4 is 6.03 Å². The molecule has 19 heavy (non-hydrogen) atoms. The van der Waals surface area contributed by atoms with Gasteiger partial charge in [-0.25, -0.2) is 4.79 Å². The topological polar surface area (TPSA) is 55.8 Å². The normalized spacial score (nSPS) is 24.7. The quantitative estimate of drug-likeness (QED) is 0.797. The molecule has 5 nitrogen and oxygen atoms in total. The third kappa shape index (κ3) is 4.08. The lowest BCUT2D eigenvalue weighted by molar-refractivity contribution is 0.121. The van der Waals surface area contributed by atoms with Crippen molar-refractivity contribution in [2.24, 2.45) is 5.92 Å². The van der Waals surface area contributed by atoms with Crippen LogP contribution in [0.3, 0.4) is 0 Å². The summed E-state index contributed by atoms with van der Waals surface area (Å²) in [5.41, 5.74) is 0. The van der Waals surface area contributed by atoms with Crippen LogP contribution in [-0.2, 0) is 0 Å². The molecule has 2 N–H and O–H groups in total. The van der Waals surface area contributed by atoms with Gasteiger partial charge in [-0.2, -0.15) is 0 Å². The van der Waals surface area contributed by atoms with Crippen LogP contribution in [0.25, 0.3) is 0 Å². The van der Waals surface area contributed by atoms with Crippen LogP contribution in [0.2, 0.25) is 0 Å². The molecule has 0 aliphatic carbocycles. The molecule has 2 heterocycles. The van der Waals surface area contributed by atoms with E-state index in [4.69, 9.17) is 5.11 Å². The van der Waals surface area contributed by atoms with Gasteiger partial charge >= 0.3 is 6.03 Å². The molecule has 2 fully saturated rings. The molecule has 1 unspecified atom stereocenters. The largest absolute Gasteiger partial charge is 0.395 e. The van der Waals surface area contributed by atoms with Crippen molar-refractivity contribution < 1.29 is 9.90 Å². The van der Waals surface area contributed by atoms with Gasteiger partial charge in [0.05, 0.1) is 6.61 Å². The summed E-state index contributed by atoms with van der Waals surface area (Å²) in [4.78, 5) is 16.3. The summed E-state index contributed by atoms with van der Waals surface area (Å²) in [6.07, 6.45) is 4.51. The highest BCUT2D eigenvalue weighted by atomic mass is 16.3. The van der Waals surface area contributed by atoms with Crippen LogP contribution < -0.4 is 5.32 Å². The maximum atomic E-state index is 12.5. The number of aliphatic hydroxyl groups excluding tert-OH is 1. The molecule has 0 bridgehead atoms. The Balaban J connectivity index is 1.87. The Kier molecular flexibility index (Phi) is 5.45. The van der Waals surface area contributed by atoms with Crippen LogP contribution in [0.5, 0.6) is 0 Å². The minimum atomic E-state index is 0.0443. The molecule has 0 aromatic carbocycles. The number of hydrogen-bond donors (Lipinski definition) is 2. The van der Waals surface area contributed by atoms with Gasteiger partial charge in [0.1, 0.15) is 0 Å². The van der Waals surface area contributed by atoms with Crippen LogP contribution in [0, 0.1) is 5.92 Å². The molecule has 1 atom stereocenters. The van der Waals surface area contributed by atoms with E-state index in [9.17, 15) is 4.79 Å². The Morgan fingerprint density at radius 1 is 1.37 bits per heavy atom. The van der Waals surface area contributed by atoms with E-state index in [0.717, 1.165) is 51.4 Å². The second kappa shape index (κ2) is 7.10. The lowest BCUT2D eigenvalue weighted by Crippen LogP contribution is -2.50. The molecule has 0 spiro atoms. The standard InChI is InChI=1S/C14H27N3O2/c1-12-4-7-16(8-5-12)14(19)17(9-10-18)11-13-3-2-6-15-13/h12-13,15,18H,2-11H2,1H3. The fourth-order valence-electron chi connectivity index (χ4n) is 2.96. The average molecular weight is 269 g/mol. The minimum absolute atomic E-state index is 0.0443. The van der Waals surface area contributed by atoms with E-state index in [-0.39, 0.29) is 12.6 Å². The van der Waals surface area contributed by atoms with Crippen LogP contribution >= 0.6 is 0 Å². The number of nitrogens with zero attached hydrogens (tertiary/aromatic N) is 2. The predicted octanol–water partition coefficient (Wildman–Crippen LogP) is 0.885. The van der Waals surface area contributed by atoms with Crippen molar-refractivity contribution in [2.75, 3.05) is 39.3 Å². The van der Waals surface area contributed by atoms with Gasteiger partial charge in [-0.05, 0) is 38.1 Å². The first-order valence-corrected chi connectivity index (χ1v) is 7.59. The Morgan fingerprint density at radius 3 is 2.68 bits per heavy atom. The number of aliphatic hydroxyl groups is 1. The van der Waals surface area contributed by atoms with E-state index in [1.807, 2.05) is 9.80 Å². The summed E-state index contributed by atoms with van der Waals surface area (Å²) in [6.45, 7) is 6.24. The highest BCUT2D eigenvalue weighted by Gasteiger charge is 2.27. The number of carbonyl (C=O) groups excluding carboxylic acids is 1. The lowest BCUT2D eigenvalue weighted by atomic mass is 9.99. The maximum Gasteiger partial charge on any atom is 0.320 e. The molecule has 0 aromatic heterocycles. The van der Waals surface area contributed by atoms with Gasteiger partial charge in [0, 0.05) is 32.2 Å². The number of rotatable bonds is 4. The molecule has 0 radical (unpaired) electrons. The van der Waals surface area contributed by atoms with E-state index in [1.165, 1.54) is 6.42 Å². The molecular weight excluding hydrogens is 242 g/mol. The van der Waals surface area contributed by atoms with Gasteiger partial charge < -0.3 is 20.2 Å². The molecule has 2 saturated heterocycles. The molecule has 2 aliphatic rings.